The molecule has 0 radical (unpaired) electrons. The number of methoxy groups -OCH3 is 1. The average molecular weight is 319 g/mol. The quantitative estimate of drug-likeness (QED) is 0.831. The molecule has 5 nitrogen and oxygen atoms in total. The third kappa shape index (κ3) is 3.65. The summed E-state index contributed by atoms with van der Waals surface area (Å²) in [6, 6.07) is 13.2. The summed E-state index contributed by atoms with van der Waals surface area (Å²) in [5, 5.41) is 0. The monoisotopic (exact) mass is 319 g/mol. The minimum Gasteiger partial charge on any atom is -0.497 e. The van der Waals surface area contributed by atoms with Gasteiger partial charge in [-0.3, -0.25) is 9.52 Å². The van der Waals surface area contributed by atoms with Crippen LogP contribution in [0.15, 0.2) is 48.5 Å². The second kappa shape index (κ2) is 6.62. The van der Waals surface area contributed by atoms with Gasteiger partial charge >= 0.3 is 0 Å². The van der Waals surface area contributed by atoms with Crippen LogP contribution in [0, 0.1) is 0 Å². The van der Waals surface area contributed by atoms with Crippen LogP contribution in [0.3, 0.4) is 0 Å². The Labute approximate surface area is 130 Å². The lowest BCUT2D eigenvalue weighted by molar-refractivity contribution is 0.103. The first-order chi connectivity index (χ1) is 10.5. The number of rotatable bonds is 6. The van der Waals surface area contributed by atoms with Gasteiger partial charge in [0.2, 0.25) is 10.0 Å². The molecule has 0 heterocycles. The fraction of sp³-hybridized carbons (Fsp3) is 0.188. The molecule has 2 aromatic rings. The Bertz CT molecular complexity index is 767. The van der Waals surface area contributed by atoms with E-state index in [1.165, 1.54) is 6.92 Å². The van der Waals surface area contributed by atoms with E-state index in [0.717, 1.165) is 0 Å². The summed E-state index contributed by atoms with van der Waals surface area (Å²) in [5.41, 5.74) is 1.05. The topological polar surface area (TPSA) is 72.5 Å². The molecule has 6 heteroatoms. The predicted octanol–water partition coefficient (Wildman–Crippen LogP) is 2.69. The average Bonchev–Trinajstić information content (AvgIpc) is 2.54. The minimum atomic E-state index is -3.44. The van der Waals surface area contributed by atoms with Crippen molar-refractivity contribution in [2.24, 2.45) is 0 Å². The number of nitrogens with one attached hydrogen (secondary N) is 1. The molecule has 0 saturated carbocycles. The number of ketones is 1. The zero-order valence-corrected chi connectivity index (χ0v) is 13.2. The molecule has 0 aromatic heterocycles. The lowest BCUT2D eigenvalue weighted by Crippen LogP contribution is -2.17. The maximum absolute atomic E-state index is 12.6. The summed E-state index contributed by atoms with van der Waals surface area (Å²) in [7, 11) is -1.90. The van der Waals surface area contributed by atoms with Gasteiger partial charge in [-0.15, -0.1) is 0 Å². The first-order valence-electron chi connectivity index (χ1n) is 6.75. The van der Waals surface area contributed by atoms with Gasteiger partial charge in [0.1, 0.15) is 5.75 Å². The summed E-state index contributed by atoms with van der Waals surface area (Å²) >= 11 is 0. The normalized spacial score (nSPS) is 11.0. The van der Waals surface area contributed by atoms with Crippen LogP contribution >= 0.6 is 0 Å². The van der Waals surface area contributed by atoms with Crippen LogP contribution in [0.5, 0.6) is 5.75 Å². The van der Waals surface area contributed by atoms with Crippen LogP contribution in [0.2, 0.25) is 0 Å². The van der Waals surface area contributed by atoms with E-state index in [1.807, 2.05) is 0 Å². The molecule has 0 aliphatic rings. The zero-order chi connectivity index (χ0) is 16.2. The van der Waals surface area contributed by atoms with Gasteiger partial charge in [0.05, 0.1) is 18.6 Å². The first kappa shape index (κ1) is 16.0. The molecule has 0 amide bonds. The van der Waals surface area contributed by atoms with E-state index in [9.17, 15) is 13.2 Å². The van der Waals surface area contributed by atoms with Crippen molar-refractivity contribution in [2.45, 2.75) is 6.92 Å². The van der Waals surface area contributed by atoms with Crippen molar-refractivity contribution in [3.05, 3.63) is 59.7 Å². The molecule has 0 aliphatic carbocycles. The van der Waals surface area contributed by atoms with E-state index in [4.69, 9.17) is 4.74 Å². The van der Waals surface area contributed by atoms with E-state index in [2.05, 4.69) is 4.72 Å². The van der Waals surface area contributed by atoms with E-state index in [-0.39, 0.29) is 17.2 Å². The van der Waals surface area contributed by atoms with Gasteiger partial charge in [-0.2, -0.15) is 0 Å². The molecule has 0 spiro atoms. The van der Waals surface area contributed by atoms with Crippen LogP contribution in [0.25, 0.3) is 0 Å². The summed E-state index contributed by atoms with van der Waals surface area (Å²) in [6.07, 6.45) is 0. The number of hydrogen-bond acceptors (Lipinski definition) is 4. The second-order valence-electron chi connectivity index (χ2n) is 4.61. The molecule has 0 fully saturated rings. The summed E-state index contributed by atoms with van der Waals surface area (Å²) in [6.45, 7) is 1.54. The van der Waals surface area contributed by atoms with E-state index in [1.54, 1.807) is 55.6 Å². The van der Waals surface area contributed by atoms with Crippen LogP contribution < -0.4 is 9.46 Å². The van der Waals surface area contributed by atoms with Crippen molar-refractivity contribution in [2.75, 3.05) is 17.6 Å². The number of anilines is 1. The Morgan fingerprint density at radius 3 is 2.32 bits per heavy atom. The number of sulfonamides is 1. The van der Waals surface area contributed by atoms with Gasteiger partial charge in [0.15, 0.2) is 5.78 Å². The molecule has 2 rings (SSSR count). The molecular formula is C16H17NO4S. The van der Waals surface area contributed by atoms with Gasteiger partial charge in [0.25, 0.3) is 0 Å². The molecule has 0 saturated heterocycles. The highest BCUT2D eigenvalue weighted by Crippen LogP contribution is 2.21. The second-order valence-corrected chi connectivity index (χ2v) is 6.62. The van der Waals surface area contributed by atoms with E-state index >= 15 is 0 Å². The van der Waals surface area contributed by atoms with Crippen molar-refractivity contribution < 1.29 is 17.9 Å². The predicted molar refractivity (Wildman–Crippen MR) is 86.0 cm³/mol. The Balaban J connectivity index is 2.37. The summed E-state index contributed by atoms with van der Waals surface area (Å²) in [4.78, 5) is 12.6. The lowest BCUT2D eigenvalue weighted by atomic mass is 10.0. The number of benzene rings is 2. The Kier molecular flexibility index (Phi) is 4.82. The Morgan fingerprint density at radius 2 is 1.73 bits per heavy atom. The van der Waals surface area contributed by atoms with Crippen molar-refractivity contribution in [1.29, 1.82) is 0 Å². The summed E-state index contributed by atoms with van der Waals surface area (Å²) in [5.74, 6) is 0.339. The molecule has 0 atom stereocenters. The number of ether oxygens (including phenoxy) is 1. The number of carbonyl (C=O) groups is 1. The summed E-state index contributed by atoms with van der Waals surface area (Å²) < 4.78 is 30.9. The third-order valence-electron chi connectivity index (χ3n) is 3.17. The number of carbonyl (C=O) groups excluding carboxylic acids is 1. The highest BCUT2D eigenvalue weighted by molar-refractivity contribution is 7.92. The number of para-hydroxylation sites is 1. The molecule has 2 aromatic carbocycles. The van der Waals surface area contributed by atoms with Crippen LogP contribution in [0.1, 0.15) is 22.8 Å². The van der Waals surface area contributed by atoms with Gasteiger partial charge in [-0.1, -0.05) is 12.1 Å². The van der Waals surface area contributed by atoms with Crippen LogP contribution in [0.4, 0.5) is 5.69 Å². The number of hydrogen-bond donors (Lipinski definition) is 1. The van der Waals surface area contributed by atoms with Crippen molar-refractivity contribution >= 4 is 21.5 Å². The zero-order valence-electron chi connectivity index (χ0n) is 12.4. The maximum atomic E-state index is 12.6. The largest absolute Gasteiger partial charge is 0.497 e. The van der Waals surface area contributed by atoms with E-state index in [0.29, 0.717) is 16.9 Å². The highest BCUT2D eigenvalue weighted by atomic mass is 32.2. The highest BCUT2D eigenvalue weighted by Gasteiger charge is 2.16. The van der Waals surface area contributed by atoms with Gasteiger partial charge in [-0.05, 0) is 43.3 Å². The fourth-order valence-electron chi connectivity index (χ4n) is 1.91. The smallest absolute Gasteiger partial charge is 0.232 e. The van der Waals surface area contributed by atoms with Crippen molar-refractivity contribution in [1.82, 2.24) is 0 Å². The minimum absolute atomic E-state index is 0.0575. The van der Waals surface area contributed by atoms with Gasteiger partial charge in [0, 0.05) is 11.1 Å². The third-order valence-corrected chi connectivity index (χ3v) is 4.46. The van der Waals surface area contributed by atoms with E-state index < -0.39 is 10.0 Å². The maximum Gasteiger partial charge on any atom is 0.232 e. The van der Waals surface area contributed by atoms with Crippen LogP contribution in [-0.4, -0.2) is 27.1 Å². The molecule has 1 N–H and O–H groups in total. The molecule has 0 bridgehead atoms. The molecule has 0 aliphatic heterocycles. The Morgan fingerprint density at radius 1 is 1.09 bits per heavy atom. The molecular weight excluding hydrogens is 302 g/mol. The SMILES string of the molecule is CCS(=O)(=O)Nc1ccccc1C(=O)c1ccc(OC)cc1. The molecule has 116 valence electrons. The van der Waals surface area contributed by atoms with Crippen LogP contribution in [-0.2, 0) is 10.0 Å². The fourth-order valence-corrected chi connectivity index (χ4v) is 2.57. The van der Waals surface area contributed by atoms with Crippen molar-refractivity contribution in [3.8, 4) is 5.75 Å². The first-order valence-corrected chi connectivity index (χ1v) is 8.40. The molecule has 0 unspecified atom stereocenters. The van der Waals surface area contributed by atoms with Gasteiger partial charge < -0.3 is 4.74 Å². The van der Waals surface area contributed by atoms with Crippen molar-refractivity contribution in [3.63, 3.8) is 0 Å². The molecule has 22 heavy (non-hydrogen) atoms. The standard InChI is InChI=1S/C16H17NO4S/c1-3-22(19,20)17-15-7-5-4-6-14(15)16(18)12-8-10-13(21-2)11-9-12/h4-11,17H,3H2,1-2H3. The van der Waals surface area contributed by atoms with Gasteiger partial charge in [-0.25, -0.2) is 8.42 Å². The Hall–Kier alpha value is -2.34. The lowest BCUT2D eigenvalue weighted by Gasteiger charge is -2.11.